The quantitative estimate of drug-likeness (QED) is 0.732. The molecule has 1 N–H and O–H groups in total. The minimum atomic E-state index is -0.372. The summed E-state index contributed by atoms with van der Waals surface area (Å²) in [5, 5.41) is 3.28. The smallest absolute Gasteiger partial charge is 0.356 e. The van der Waals surface area contributed by atoms with Crippen molar-refractivity contribution >= 4 is 5.97 Å². The second-order valence-corrected chi connectivity index (χ2v) is 3.63. The van der Waals surface area contributed by atoms with Gasteiger partial charge in [0.05, 0.1) is 7.11 Å². The van der Waals surface area contributed by atoms with Gasteiger partial charge in [-0.05, 0) is 25.1 Å². The first-order valence-corrected chi connectivity index (χ1v) is 5.07. The third-order valence-corrected chi connectivity index (χ3v) is 2.64. The summed E-state index contributed by atoms with van der Waals surface area (Å²) in [6, 6.07) is 5.49. The van der Waals surface area contributed by atoms with E-state index in [0.29, 0.717) is 11.6 Å². The zero-order valence-corrected chi connectivity index (χ0v) is 8.69. The number of esters is 1. The molecule has 1 aliphatic heterocycles. The Labute approximate surface area is 88.7 Å². The molecule has 1 aliphatic rings. The lowest BCUT2D eigenvalue weighted by atomic mass is 10.0. The number of nitrogens with one attached hydrogen (secondary N) is 1. The molecule has 80 valence electrons. The molecule has 4 heteroatoms. The maximum atomic E-state index is 11.3. The van der Waals surface area contributed by atoms with E-state index in [2.05, 4.69) is 15.0 Å². The van der Waals surface area contributed by atoms with Crippen LogP contribution in [0.1, 0.15) is 28.5 Å². The number of rotatable bonds is 2. The van der Waals surface area contributed by atoms with Gasteiger partial charge in [-0.25, -0.2) is 9.78 Å². The Morgan fingerprint density at radius 2 is 2.47 bits per heavy atom. The van der Waals surface area contributed by atoms with Gasteiger partial charge in [-0.3, -0.25) is 0 Å². The van der Waals surface area contributed by atoms with Crippen molar-refractivity contribution in [2.75, 3.05) is 20.2 Å². The Morgan fingerprint density at radius 3 is 3.13 bits per heavy atom. The second-order valence-electron chi connectivity index (χ2n) is 3.63. The predicted molar refractivity (Wildman–Crippen MR) is 55.8 cm³/mol. The molecule has 0 aromatic carbocycles. The monoisotopic (exact) mass is 206 g/mol. The number of hydrogen-bond acceptors (Lipinski definition) is 4. The molecule has 1 fully saturated rings. The van der Waals surface area contributed by atoms with Gasteiger partial charge in [-0.1, -0.05) is 6.07 Å². The lowest BCUT2D eigenvalue weighted by molar-refractivity contribution is 0.0593. The van der Waals surface area contributed by atoms with E-state index in [1.807, 2.05) is 12.1 Å². The Bertz CT molecular complexity index is 359. The maximum Gasteiger partial charge on any atom is 0.356 e. The van der Waals surface area contributed by atoms with E-state index in [9.17, 15) is 4.79 Å². The largest absolute Gasteiger partial charge is 0.464 e. The van der Waals surface area contributed by atoms with Crippen molar-refractivity contribution in [1.82, 2.24) is 10.3 Å². The molecule has 1 aromatic heterocycles. The van der Waals surface area contributed by atoms with Crippen LogP contribution in [0.2, 0.25) is 0 Å². The van der Waals surface area contributed by atoms with Gasteiger partial charge in [0.1, 0.15) is 5.69 Å². The third-order valence-electron chi connectivity index (χ3n) is 2.64. The summed E-state index contributed by atoms with van der Waals surface area (Å²) in [6.07, 6.45) is 1.08. The summed E-state index contributed by atoms with van der Waals surface area (Å²) in [6.45, 7) is 1.96. The highest BCUT2D eigenvalue weighted by Crippen LogP contribution is 2.20. The fourth-order valence-electron chi connectivity index (χ4n) is 1.80. The van der Waals surface area contributed by atoms with E-state index in [0.717, 1.165) is 25.2 Å². The van der Waals surface area contributed by atoms with Crippen LogP contribution in [0.3, 0.4) is 0 Å². The van der Waals surface area contributed by atoms with E-state index in [-0.39, 0.29) is 5.97 Å². The molecule has 0 radical (unpaired) electrons. The number of hydrogen-bond donors (Lipinski definition) is 1. The fourth-order valence-corrected chi connectivity index (χ4v) is 1.80. The van der Waals surface area contributed by atoms with Crippen molar-refractivity contribution in [1.29, 1.82) is 0 Å². The van der Waals surface area contributed by atoms with Crippen molar-refractivity contribution in [3.05, 3.63) is 29.6 Å². The van der Waals surface area contributed by atoms with Crippen LogP contribution in [0.25, 0.3) is 0 Å². The third kappa shape index (κ3) is 2.15. The first-order valence-electron chi connectivity index (χ1n) is 5.07. The molecule has 2 heterocycles. The molecule has 0 saturated carbocycles. The average Bonchev–Trinajstić information content (AvgIpc) is 2.82. The highest BCUT2D eigenvalue weighted by Gasteiger charge is 2.19. The van der Waals surface area contributed by atoms with Gasteiger partial charge in [-0.15, -0.1) is 0 Å². The number of methoxy groups -OCH3 is 1. The number of aromatic nitrogens is 1. The minimum absolute atomic E-state index is 0.372. The van der Waals surface area contributed by atoms with Gasteiger partial charge < -0.3 is 10.1 Å². The normalized spacial score (nSPS) is 20.2. The molecule has 1 aromatic rings. The zero-order chi connectivity index (χ0) is 10.7. The van der Waals surface area contributed by atoms with Gasteiger partial charge in [0.15, 0.2) is 0 Å². The molecule has 0 bridgehead atoms. The molecule has 1 unspecified atom stereocenters. The molecular weight excluding hydrogens is 192 g/mol. The van der Waals surface area contributed by atoms with Crippen molar-refractivity contribution in [2.45, 2.75) is 12.3 Å². The molecule has 2 rings (SSSR count). The Kier molecular flexibility index (Phi) is 2.97. The average molecular weight is 206 g/mol. The van der Waals surface area contributed by atoms with Crippen LogP contribution >= 0.6 is 0 Å². The van der Waals surface area contributed by atoms with Gasteiger partial charge in [0.2, 0.25) is 0 Å². The van der Waals surface area contributed by atoms with E-state index in [4.69, 9.17) is 0 Å². The van der Waals surface area contributed by atoms with E-state index in [1.54, 1.807) is 6.07 Å². The summed E-state index contributed by atoms with van der Waals surface area (Å²) in [7, 11) is 1.37. The van der Waals surface area contributed by atoms with E-state index >= 15 is 0 Å². The van der Waals surface area contributed by atoms with Crippen LogP contribution in [-0.4, -0.2) is 31.2 Å². The predicted octanol–water partition coefficient (Wildman–Crippen LogP) is 0.945. The summed E-state index contributed by atoms with van der Waals surface area (Å²) in [5.74, 6) is 0.0532. The zero-order valence-electron chi connectivity index (χ0n) is 8.69. The van der Waals surface area contributed by atoms with Gasteiger partial charge in [-0.2, -0.15) is 0 Å². The summed E-state index contributed by atoms with van der Waals surface area (Å²) in [5.41, 5.74) is 1.37. The molecule has 0 aliphatic carbocycles. The second kappa shape index (κ2) is 4.40. The van der Waals surface area contributed by atoms with Gasteiger partial charge in [0, 0.05) is 18.2 Å². The highest BCUT2D eigenvalue weighted by molar-refractivity contribution is 5.87. The number of carbonyl (C=O) groups excluding carboxylic acids is 1. The summed E-state index contributed by atoms with van der Waals surface area (Å²) >= 11 is 0. The van der Waals surface area contributed by atoms with Gasteiger partial charge in [0.25, 0.3) is 0 Å². The van der Waals surface area contributed by atoms with Crippen LogP contribution < -0.4 is 5.32 Å². The topological polar surface area (TPSA) is 51.2 Å². The van der Waals surface area contributed by atoms with Crippen molar-refractivity contribution < 1.29 is 9.53 Å². The van der Waals surface area contributed by atoms with E-state index < -0.39 is 0 Å². The van der Waals surface area contributed by atoms with Crippen LogP contribution in [0.5, 0.6) is 0 Å². The van der Waals surface area contributed by atoms with Crippen molar-refractivity contribution in [2.24, 2.45) is 0 Å². The minimum Gasteiger partial charge on any atom is -0.464 e. The first kappa shape index (κ1) is 10.1. The van der Waals surface area contributed by atoms with Crippen LogP contribution in [0.15, 0.2) is 18.2 Å². The first-order chi connectivity index (χ1) is 7.31. The maximum absolute atomic E-state index is 11.3. The molecular formula is C11H14N2O2. The SMILES string of the molecule is COC(=O)c1cccc(C2CCNC2)n1. The Hall–Kier alpha value is -1.42. The number of carbonyl (C=O) groups is 1. The standard InChI is InChI=1S/C11H14N2O2/c1-15-11(14)10-4-2-3-9(13-10)8-5-6-12-7-8/h2-4,8,12H,5-7H2,1H3. The molecule has 15 heavy (non-hydrogen) atoms. The number of ether oxygens (including phenoxy) is 1. The lowest BCUT2D eigenvalue weighted by Gasteiger charge is -2.08. The van der Waals surface area contributed by atoms with Crippen molar-refractivity contribution in [3.63, 3.8) is 0 Å². The highest BCUT2D eigenvalue weighted by atomic mass is 16.5. The van der Waals surface area contributed by atoms with Crippen molar-refractivity contribution in [3.8, 4) is 0 Å². The molecule has 0 spiro atoms. The van der Waals surface area contributed by atoms with Crippen LogP contribution in [0.4, 0.5) is 0 Å². The summed E-state index contributed by atoms with van der Waals surface area (Å²) < 4.78 is 4.64. The molecule has 0 amide bonds. The van der Waals surface area contributed by atoms with Crippen LogP contribution in [0, 0.1) is 0 Å². The Balaban J connectivity index is 2.21. The van der Waals surface area contributed by atoms with E-state index in [1.165, 1.54) is 7.11 Å². The molecule has 1 atom stereocenters. The van der Waals surface area contributed by atoms with Crippen LogP contribution in [-0.2, 0) is 4.74 Å². The van der Waals surface area contributed by atoms with Gasteiger partial charge >= 0.3 is 5.97 Å². The molecule has 1 saturated heterocycles. The Morgan fingerprint density at radius 1 is 1.60 bits per heavy atom. The fraction of sp³-hybridized carbons (Fsp3) is 0.455. The lowest BCUT2D eigenvalue weighted by Crippen LogP contribution is -2.11. The summed E-state index contributed by atoms with van der Waals surface area (Å²) in [4.78, 5) is 15.6. The number of nitrogens with zero attached hydrogens (tertiary/aromatic N) is 1. The number of pyridine rings is 1. The molecule has 4 nitrogen and oxygen atoms in total.